The fraction of sp³-hybridized carbons (Fsp3) is 0.457. The van der Waals surface area contributed by atoms with Crippen molar-refractivity contribution < 1.29 is 28.4 Å². The number of rotatable bonds is 11. The summed E-state index contributed by atoms with van der Waals surface area (Å²) < 4.78 is 25.4. The maximum atomic E-state index is 13.3. The smallest absolute Gasteiger partial charge is 0.255 e. The molecule has 9 rings (SSSR count). The van der Waals surface area contributed by atoms with E-state index >= 15 is 0 Å². The largest absolute Gasteiger partial charge is 0.494 e. The minimum Gasteiger partial charge on any atom is -0.494 e. The monoisotopic (exact) mass is 880 g/mol. The first kappa shape index (κ1) is 42.1. The van der Waals surface area contributed by atoms with Gasteiger partial charge in [-0.05, 0) is 113 Å². The highest BCUT2D eigenvalue weighted by atomic mass is 35.5. The Morgan fingerprint density at radius 1 is 0.887 bits per heavy atom. The molecule has 16 heteroatoms. The minimum atomic E-state index is -2.55. The van der Waals surface area contributed by atoms with Crippen molar-refractivity contribution in [3.05, 3.63) is 83.0 Å². The third kappa shape index (κ3) is 8.61. The molecule has 3 saturated heterocycles. The van der Waals surface area contributed by atoms with Gasteiger partial charge in [-0.25, -0.2) is 4.98 Å². The van der Waals surface area contributed by atoms with Crippen molar-refractivity contribution in [1.82, 2.24) is 25.1 Å². The average molecular weight is 881 g/mol. The molecule has 1 spiro atoms. The van der Waals surface area contributed by atoms with Crippen LogP contribution in [0.3, 0.4) is 0 Å². The second-order valence-corrected chi connectivity index (χ2v) is 21.4. The fourth-order valence-corrected chi connectivity index (χ4v) is 11.4. The molecule has 14 nitrogen and oxygen atoms in total. The molecule has 0 radical (unpaired) electrons. The lowest BCUT2D eigenvalue weighted by Gasteiger charge is -2.40. The molecular weight excluding hydrogens is 827 g/mol. The Morgan fingerprint density at radius 2 is 1.68 bits per heavy atom. The number of hydrogen-bond acceptors (Lipinski definition) is 12. The van der Waals surface area contributed by atoms with Gasteiger partial charge in [0.25, 0.3) is 5.91 Å². The van der Waals surface area contributed by atoms with Crippen molar-refractivity contribution in [1.29, 1.82) is 0 Å². The number of imide groups is 1. The van der Waals surface area contributed by atoms with Crippen LogP contribution in [-0.4, -0.2) is 102 Å². The molecule has 62 heavy (non-hydrogen) atoms. The van der Waals surface area contributed by atoms with Gasteiger partial charge in [0.1, 0.15) is 29.7 Å². The standard InChI is InChI=1S/C46H54ClN8O6P/c1-60-39-25-30(11-12-35(39)50-45-48-26-34(47)42(52-45)49-36-8-4-5-10-40(36)62(2,3)59)53-22-17-29(18-23-53)54-24-21-46(28-54)19-15-31(16-20-46)61-38-9-6-7-32-33(38)27-55(44(32)58)37-13-14-41(56)51-43(37)57/h4-12,25-26,29,31,37H,13-24,27-28H2,1-3H3,(H,51,56,57)(H2,48,49,50,52). The maximum absolute atomic E-state index is 13.3. The van der Waals surface area contributed by atoms with Crippen molar-refractivity contribution in [2.75, 3.05) is 62.2 Å². The number of benzene rings is 3. The van der Waals surface area contributed by atoms with Crippen LogP contribution in [0.5, 0.6) is 11.5 Å². The van der Waals surface area contributed by atoms with Gasteiger partial charge in [0.05, 0.1) is 37.3 Å². The van der Waals surface area contributed by atoms with Crippen molar-refractivity contribution in [3.63, 3.8) is 0 Å². The summed E-state index contributed by atoms with van der Waals surface area (Å²) in [6, 6.07) is 19.2. The Hall–Kier alpha value is -5.17. The molecule has 1 unspecified atom stereocenters. The van der Waals surface area contributed by atoms with Gasteiger partial charge in [-0.3, -0.25) is 24.6 Å². The van der Waals surface area contributed by atoms with E-state index in [-0.39, 0.29) is 24.3 Å². The summed E-state index contributed by atoms with van der Waals surface area (Å²) in [5, 5.41) is 10.0. The predicted molar refractivity (Wildman–Crippen MR) is 241 cm³/mol. The van der Waals surface area contributed by atoms with E-state index in [1.54, 1.807) is 25.3 Å². The number of piperidine rings is 2. The lowest BCUT2D eigenvalue weighted by Crippen LogP contribution is -2.52. The van der Waals surface area contributed by atoms with Crippen LogP contribution in [0, 0.1) is 5.41 Å². The lowest BCUT2D eigenvalue weighted by molar-refractivity contribution is -0.136. The minimum absolute atomic E-state index is 0.0864. The summed E-state index contributed by atoms with van der Waals surface area (Å²) in [5.74, 6) is 1.30. The van der Waals surface area contributed by atoms with Crippen LogP contribution in [0.1, 0.15) is 73.7 Å². The Labute approximate surface area is 367 Å². The van der Waals surface area contributed by atoms with E-state index in [1.807, 2.05) is 48.5 Å². The number of aromatic nitrogens is 2. The Morgan fingerprint density at radius 3 is 2.44 bits per heavy atom. The van der Waals surface area contributed by atoms with Gasteiger partial charge in [0.15, 0.2) is 5.82 Å². The molecule has 1 saturated carbocycles. The zero-order valence-corrected chi connectivity index (χ0v) is 37.1. The molecule has 1 aromatic heterocycles. The summed E-state index contributed by atoms with van der Waals surface area (Å²) in [6.07, 6.45) is 9.81. The number of carbonyl (C=O) groups is 3. The van der Waals surface area contributed by atoms with Crippen LogP contribution in [0.4, 0.5) is 28.8 Å². The number of anilines is 5. The second kappa shape index (κ2) is 17.2. The molecule has 1 aliphatic carbocycles. The van der Waals surface area contributed by atoms with Crippen LogP contribution >= 0.6 is 18.7 Å². The van der Waals surface area contributed by atoms with E-state index in [4.69, 9.17) is 21.1 Å². The van der Waals surface area contributed by atoms with Gasteiger partial charge in [0.2, 0.25) is 17.8 Å². The molecule has 5 aliphatic rings. The number of likely N-dealkylation sites (tertiary alicyclic amines) is 1. The molecule has 326 valence electrons. The molecule has 3 aromatic carbocycles. The number of hydrogen-bond donors (Lipinski definition) is 3. The predicted octanol–water partition coefficient (Wildman–Crippen LogP) is 7.32. The van der Waals surface area contributed by atoms with Gasteiger partial charge < -0.3 is 34.5 Å². The first-order chi connectivity index (χ1) is 29.9. The highest BCUT2D eigenvalue weighted by molar-refractivity contribution is 7.70. The fourth-order valence-electron chi connectivity index (χ4n) is 10.1. The number of para-hydroxylation sites is 1. The van der Waals surface area contributed by atoms with Gasteiger partial charge >= 0.3 is 0 Å². The summed E-state index contributed by atoms with van der Waals surface area (Å²) in [6.45, 7) is 7.97. The molecule has 4 fully saturated rings. The topological polar surface area (TPSA) is 158 Å². The quantitative estimate of drug-likeness (QED) is 0.102. The second-order valence-electron chi connectivity index (χ2n) is 17.8. The third-order valence-corrected chi connectivity index (χ3v) is 15.4. The number of nitrogens with zero attached hydrogens (tertiary/aromatic N) is 5. The lowest BCUT2D eigenvalue weighted by atomic mass is 9.72. The van der Waals surface area contributed by atoms with E-state index in [2.05, 4.69) is 47.9 Å². The highest BCUT2D eigenvalue weighted by Gasteiger charge is 2.45. The number of ether oxygens (including phenoxy) is 2. The summed E-state index contributed by atoms with van der Waals surface area (Å²) in [7, 11) is -0.890. The molecule has 3 N–H and O–H groups in total. The molecular formula is C46H54ClN8O6P. The number of carbonyl (C=O) groups excluding carboxylic acids is 3. The summed E-state index contributed by atoms with van der Waals surface area (Å²) >= 11 is 6.50. The molecule has 0 bridgehead atoms. The zero-order valence-electron chi connectivity index (χ0n) is 35.5. The normalized spacial score (nSPS) is 23.4. The van der Waals surface area contributed by atoms with E-state index in [1.165, 1.54) is 12.6 Å². The highest BCUT2D eigenvalue weighted by Crippen LogP contribution is 2.47. The first-order valence-electron chi connectivity index (χ1n) is 21.7. The van der Waals surface area contributed by atoms with Crippen LogP contribution < -0.4 is 35.6 Å². The van der Waals surface area contributed by atoms with E-state index in [0.29, 0.717) is 58.2 Å². The Bertz CT molecular complexity index is 2430. The molecule has 5 heterocycles. The molecule has 1 atom stereocenters. The number of fused-ring (bicyclic) bond motifs is 1. The number of nitrogens with one attached hydrogen (secondary N) is 3. The SMILES string of the molecule is COc1cc(N2CCC(N3CCC4(CCC(Oc5cccc6c5CN(C5CCC(=O)NC5=O)C6=O)CC4)C3)CC2)ccc1Nc1ncc(Cl)c(Nc2ccccc2P(C)(C)=O)n1. The van der Waals surface area contributed by atoms with Gasteiger partial charge in [0, 0.05) is 60.3 Å². The number of amides is 3. The zero-order chi connectivity index (χ0) is 43.2. The van der Waals surface area contributed by atoms with Crippen LogP contribution in [0.15, 0.2) is 66.9 Å². The van der Waals surface area contributed by atoms with Crippen molar-refractivity contribution in [3.8, 4) is 11.5 Å². The van der Waals surface area contributed by atoms with Crippen molar-refractivity contribution in [2.45, 2.75) is 82.5 Å². The van der Waals surface area contributed by atoms with Crippen molar-refractivity contribution >= 4 is 70.6 Å². The van der Waals surface area contributed by atoms with Crippen LogP contribution in [0.2, 0.25) is 5.02 Å². The number of halogens is 1. The summed E-state index contributed by atoms with van der Waals surface area (Å²) in [4.78, 5) is 53.5. The van der Waals surface area contributed by atoms with E-state index in [0.717, 1.165) is 92.7 Å². The van der Waals surface area contributed by atoms with E-state index in [9.17, 15) is 18.9 Å². The van der Waals surface area contributed by atoms with Gasteiger partial charge in [-0.1, -0.05) is 29.8 Å². The van der Waals surface area contributed by atoms with E-state index < -0.39 is 19.1 Å². The first-order valence-corrected chi connectivity index (χ1v) is 24.7. The number of methoxy groups -OCH3 is 1. The van der Waals surface area contributed by atoms with Crippen LogP contribution in [-0.2, 0) is 20.7 Å². The summed E-state index contributed by atoms with van der Waals surface area (Å²) in [5.41, 5.74) is 4.27. The molecule has 4 aliphatic heterocycles. The molecule has 4 aromatic rings. The Kier molecular flexibility index (Phi) is 11.7. The van der Waals surface area contributed by atoms with Gasteiger partial charge in [-0.15, -0.1) is 0 Å². The third-order valence-electron chi connectivity index (χ3n) is 13.6. The van der Waals surface area contributed by atoms with Crippen LogP contribution in [0.25, 0.3) is 0 Å². The van der Waals surface area contributed by atoms with Crippen molar-refractivity contribution in [2.24, 2.45) is 5.41 Å². The van der Waals surface area contributed by atoms with Gasteiger partial charge in [-0.2, -0.15) is 4.98 Å². The molecule has 3 amide bonds. The maximum Gasteiger partial charge on any atom is 0.255 e. The Balaban J connectivity index is 0.768. The average Bonchev–Trinajstić information content (AvgIpc) is 3.84.